The van der Waals surface area contributed by atoms with Crippen LogP contribution in [0.1, 0.15) is 72.8 Å². The number of aryl methyl sites for hydroxylation is 1. The molecule has 0 saturated heterocycles. The summed E-state index contributed by atoms with van der Waals surface area (Å²) in [6, 6.07) is 6.27. The first-order valence-electron chi connectivity index (χ1n) is 10.4. The number of aromatic nitrogens is 2. The number of nitrogens with zero attached hydrogens (tertiary/aromatic N) is 3. The van der Waals surface area contributed by atoms with Gasteiger partial charge in [-0.15, -0.1) is 0 Å². The summed E-state index contributed by atoms with van der Waals surface area (Å²) in [5, 5.41) is 9.25. The number of esters is 1. The average Bonchev–Trinajstić information content (AvgIpc) is 2.71. The third kappa shape index (κ3) is 5.21. The van der Waals surface area contributed by atoms with Crippen LogP contribution in [-0.2, 0) is 22.8 Å². The number of carbonyl (C=O) groups is 2. The predicted octanol–water partition coefficient (Wildman–Crippen LogP) is 1.80. The number of hydrogen-bond donors (Lipinski definition) is 1. The van der Waals surface area contributed by atoms with Crippen LogP contribution < -0.4 is 17.0 Å². The molecule has 2 rings (SSSR count). The number of benzene rings is 1. The van der Waals surface area contributed by atoms with E-state index in [1.807, 2.05) is 6.07 Å². The Morgan fingerprint density at radius 3 is 2.34 bits per heavy atom. The number of carbonyl (C=O) groups excluding carboxylic acids is 2. The average molecular weight is 441 g/mol. The summed E-state index contributed by atoms with van der Waals surface area (Å²) in [6.07, 6.45) is -0.0566. The smallest absolute Gasteiger partial charge is 0.334 e. The Morgan fingerprint density at radius 2 is 1.81 bits per heavy atom. The summed E-state index contributed by atoms with van der Waals surface area (Å²) >= 11 is 0. The Kier molecular flexibility index (Phi) is 7.89. The summed E-state index contributed by atoms with van der Waals surface area (Å²) < 4.78 is 7.09. The first-order chi connectivity index (χ1) is 15.0. The van der Waals surface area contributed by atoms with E-state index >= 15 is 0 Å². The quantitative estimate of drug-likeness (QED) is 0.488. The van der Waals surface area contributed by atoms with Crippen LogP contribution in [0, 0.1) is 18.3 Å². The molecule has 0 bridgehead atoms. The van der Waals surface area contributed by atoms with Crippen LogP contribution in [0.4, 0.5) is 0 Å². The van der Waals surface area contributed by atoms with Gasteiger partial charge in [0.2, 0.25) is 5.78 Å². The van der Waals surface area contributed by atoms with Crippen LogP contribution in [0.2, 0.25) is 0 Å². The zero-order valence-electron chi connectivity index (χ0n) is 19.0. The van der Waals surface area contributed by atoms with Gasteiger partial charge in [-0.1, -0.05) is 13.8 Å². The number of hydrogen-bond acceptors (Lipinski definition) is 7. The molecule has 9 heteroatoms. The predicted molar refractivity (Wildman–Crippen MR) is 118 cm³/mol. The zero-order valence-corrected chi connectivity index (χ0v) is 19.0. The van der Waals surface area contributed by atoms with Gasteiger partial charge >= 0.3 is 11.7 Å². The molecule has 1 unspecified atom stereocenters. The van der Waals surface area contributed by atoms with E-state index in [4.69, 9.17) is 10.5 Å². The fourth-order valence-electron chi connectivity index (χ4n) is 3.47. The summed E-state index contributed by atoms with van der Waals surface area (Å²) in [4.78, 5) is 51.6. The minimum atomic E-state index is -0.757. The van der Waals surface area contributed by atoms with Crippen molar-refractivity contribution < 1.29 is 14.3 Å². The molecule has 2 N–H and O–H groups in total. The number of rotatable bonds is 8. The van der Waals surface area contributed by atoms with Crippen LogP contribution in [0.25, 0.3) is 0 Å². The van der Waals surface area contributed by atoms with Gasteiger partial charge in [-0.05, 0) is 50.5 Å². The minimum absolute atomic E-state index is 0.0230. The van der Waals surface area contributed by atoms with Gasteiger partial charge in [-0.25, -0.2) is 9.36 Å². The molecule has 170 valence electrons. The van der Waals surface area contributed by atoms with E-state index < -0.39 is 41.7 Å². The Bertz CT molecular complexity index is 1200. The Labute approximate surface area is 186 Å². The molecule has 0 radical (unpaired) electrons. The first kappa shape index (κ1) is 24.8. The molecule has 0 amide bonds. The van der Waals surface area contributed by atoms with Crippen molar-refractivity contribution >= 4 is 11.8 Å². The SMILES string of the molecule is CCn1c(C(=O)c2cc(C)cc(C#N)c2)c(C(C)C)c(=O)n(COC(=O)CC(C)N)c1=O. The highest BCUT2D eigenvalue weighted by Gasteiger charge is 2.27. The molecule has 1 heterocycles. The molecule has 32 heavy (non-hydrogen) atoms. The summed E-state index contributed by atoms with van der Waals surface area (Å²) in [7, 11) is 0. The van der Waals surface area contributed by atoms with Gasteiger partial charge in [0, 0.05) is 23.7 Å². The lowest BCUT2D eigenvalue weighted by molar-refractivity contribution is -0.148. The van der Waals surface area contributed by atoms with Crippen molar-refractivity contribution in [3.05, 3.63) is 67.0 Å². The van der Waals surface area contributed by atoms with Crippen molar-refractivity contribution in [2.75, 3.05) is 0 Å². The van der Waals surface area contributed by atoms with Crippen LogP contribution >= 0.6 is 0 Å². The van der Waals surface area contributed by atoms with E-state index in [2.05, 4.69) is 0 Å². The maximum absolute atomic E-state index is 13.5. The highest BCUT2D eigenvalue weighted by Crippen LogP contribution is 2.20. The normalized spacial score (nSPS) is 11.8. The van der Waals surface area contributed by atoms with Crippen molar-refractivity contribution in [2.24, 2.45) is 5.73 Å². The molecule has 1 aromatic heterocycles. The molecule has 0 aliphatic heterocycles. The van der Waals surface area contributed by atoms with E-state index in [-0.39, 0.29) is 29.8 Å². The van der Waals surface area contributed by atoms with Crippen molar-refractivity contribution in [3.8, 4) is 6.07 Å². The number of ketones is 1. The Morgan fingerprint density at radius 1 is 1.16 bits per heavy atom. The van der Waals surface area contributed by atoms with E-state index in [1.54, 1.807) is 46.8 Å². The van der Waals surface area contributed by atoms with Crippen LogP contribution in [0.5, 0.6) is 0 Å². The maximum atomic E-state index is 13.5. The zero-order chi connectivity index (χ0) is 24.2. The lowest BCUT2D eigenvalue weighted by atomic mass is 9.95. The summed E-state index contributed by atoms with van der Waals surface area (Å²) in [6.45, 7) is 8.09. The molecule has 0 aliphatic rings. The van der Waals surface area contributed by atoms with Gasteiger partial charge in [0.25, 0.3) is 5.56 Å². The monoisotopic (exact) mass is 440 g/mol. The van der Waals surface area contributed by atoms with Crippen molar-refractivity contribution in [2.45, 2.75) is 66.3 Å². The Balaban J connectivity index is 2.70. The van der Waals surface area contributed by atoms with Crippen LogP contribution in [0.15, 0.2) is 27.8 Å². The highest BCUT2D eigenvalue weighted by atomic mass is 16.5. The lowest BCUT2D eigenvalue weighted by Gasteiger charge is -2.20. The summed E-state index contributed by atoms with van der Waals surface area (Å²) in [5.41, 5.74) is 5.47. The van der Waals surface area contributed by atoms with Crippen molar-refractivity contribution in [1.82, 2.24) is 9.13 Å². The second kappa shape index (κ2) is 10.2. The van der Waals surface area contributed by atoms with E-state index in [9.17, 15) is 24.4 Å². The largest absolute Gasteiger partial charge is 0.444 e. The molecular formula is C23H28N4O5. The van der Waals surface area contributed by atoms with Gasteiger partial charge in [-0.2, -0.15) is 5.26 Å². The second-order valence-electron chi connectivity index (χ2n) is 8.03. The van der Waals surface area contributed by atoms with E-state index in [0.29, 0.717) is 11.1 Å². The standard InChI is InChI=1S/C23H28N4O5/c1-6-26-20(21(29)17-8-14(4)7-16(10-17)11-24)19(13(2)3)22(30)27(23(26)31)12-32-18(28)9-15(5)25/h7-8,10,13,15H,6,9,12,25H2,1-5H3. The first-order valence-corrected chi connectivity index (χ1v) is 10.4. The molecule has 0 spiro atoms. The molecule has 1 atom stereocenters. The van der Waals surface area contributed by atoms with Gasteiger partial charge in [-0.3, -0.25) is 19.0 Å². The molecule has 0 saturated carbocycles. The third-order valence-corrected chi connectivity index (χ3v) is 4.88. The van der Waals surface area contributed by atoms with Gasteiger partial charge in [0.1, 0.15) is 5.69 Å². The molecule has 9 nitrogen and oxygen atoms in total. The van der Waals surface area contributed by atoms with E-state index in [1.165, 1.54) is 10.6 Å². The summed E-state index contributed by atoms with van der Waals surface area (Å²) in [5.74, 6) is -1.55. The second-order valence-corrected chi connectivity index (χ2v) is 8.03. The number of nitriles is 1. The van der Waals surface area contributed by atoms with Crippen molar-refractivity contribution in [3.63, 3.8) is 0 Å². The van der Waals surface area contributed by atoms with E-state index in [0.717, 1.165) is 4.57 Å². The molecular weight excluding hydrogens is 412 g/mol. The fraction of sp³-hybridized carbons (Fsp3) is 0.435. The Hall–Kier alpha value is -3.51. The molecule has 0 fully saturated rings. The van der Waals surface area contributed by atoms with Crippen molar-refractivity contribution in [1.29, 1.82) is 5.26 Å². The number of ether oxygens (including phenoxy) is 1. The van der Waals surface area contributed by atoms with Crippen LogP contribution in [-0.4, -0.2) is 26.9 Å². The van der Waals surface area contributed by atoms with Gasteiger partial charge in [0.05, 0.1) is 18.1 Å². The lowest BCUT2D eigenvalue weighted by Crippen LogP contribution is -2.45. The maximum Gasteiger partial charge on any atom is 0.334 e. The fourth-order valence-corrected chi connectivity index (χ4v) is 3.47. The van der Waals surface area contributed by atoms with Gasteiger partial charge < -0.3 is 10.5 Å². The molecule has 2 aromatic rings. The third-order valence-electron chi connectivity index (χ3n) is 4.88. The molecule has 1 aromatic carbocycles. The van der Waals surface area contributed by atoms with Crippen LogP contribution in [0.3, 0.4) is 0 Å². The highest BCUT2D eigenvalue weighted by molar-refractivity contribution is 6.09. The topological polar surface area (TPSA) is 137 Å². The van der Waals surface area contributed by atoms with Gasteiger partial charge in [0.15, 0.2) is 6.73 Å². The number of nitrogens with two attached hydrogens (primary N) is 1. The minimum Gasteiger partial charge on any atom is -0.444 e. The molecule has 0 aliphatic carbocycles.